The van der Waals surface area contributed by atoms with Gasteiger partial charge in [0, 0.05) is 18.6 Å². The van der Waals surface area contributed by atoms with Crippen LogP contribution in [0.2, 0.25) is 0 Å². The SMILES string of the molecule is CCc1ncsc1C(=O)NC1CCCCC1CO. The van der Waals surface area contributed by atoms with Gasteiger partial charge in [-0.2, -0.15) is 0 Å². The summed E-state index contributed by atoms with van der Waals surface area (Å²) in [7, 11) is 0. The second-order valence-corrected chi connectivity index (χ2v) is 5.64. The van der Waals surface area contributed by atoms with Crippen molar-refractivity contribution in [3.63, 3.8) is 0 Å². The van der Waals surface area contributed by atoms with E-state index in [1.165, 1.54) is 11.3 Å². The molecule has 1 amide bonds. The van der Waals surface area contributed by atoms with Gasteiger partial charge in [0.05, 0.1) is 11.2 Å². The molecule has 0 radical (unpaired) electrons. The highest BCUT2D eigenvalue weighted by Gasteiger charge is 2.27. The Kier molecular flexibility index (Phi) is 4.72. The Morgan fingerprint density at radius 1 is 1.56 bits per heavy atom. The smallest absolute Gasteiger partial charge is 0.263 e. The van der Waals surface area contributed by atoms with Crippen molar-refractivity contribution in [1.29, 1.82) is 0 Å². The van der Waals surface area contributed by atoms with Crippen molar-refractivity contribution in [2.45, 2.75) is 45.1 Å². The molecule has 100 valence electrons. The van der Waals surface area contributed by atoms with Crippen LogP contribution in [0.25, 0.3) is 0 Å². The van der Waals surface area contributed by atoms with E-state index in [0.29, 0.717) is 0 Å². The number of nitrogens with zero attached hydrogens (tertiary/aromatic N) is 1. The zero-order valence-electron chi connectivity index (χ0n) is 10.7. The van der Waals surface area contributed by atoms with Gasteiger partial charge in [-0.1, -0.05) is 19.8 Å². The van der Waals surface area contributed by atoms with Crippen molar-refractivity contribution in [3.8, 4) is 0 Å². The molecule has 2 atom stereocenters. The van der Waals surface area contributed by atoms with Crippen LogP contribution in [0.5, 0.6) is 0 Å². The summed E-state index contributed by atoms with van der Waals surface area (Å²) in [6, 6.07) is 0.114. The first-order valence-electron chi connectivity index (χ1n) is 6.60. The van der Waals surface area contributed by atoms with Gasteiger partial charge in [0.15, 0.2) is 0 Å². The number of hydrogen-bond donors (Lipinski definition) is 2. The minimum atomic E-state index is -0.0281. The highest BCUT2D eigenvalue weighted by Crippen LogP contribution is 2.25. The lowest BCUT2D eigenvalue weighted by molar-refractivity contribution is 0.0875. The molecule has 1 aromatic rings. The van der Waals surface area contributed by atoms with Crippen LogP contribution in [0, 0.1) is 5.92 Å². The van der Waals surface area contributed by atoms with Crippen molar-refractivity contribution in [1.82, 2.24) is 10.3 Å². The van der Waals surface area contributed by atoms with Crippen LogP contribution >= 0.6 is 11.3 Å². The van der Waals surface area contributed by atoms with E-state index < -0.39 is 0 Å². The van der Waals surface area contributed by atoms with E-state index in [4.69, 9.17) is 0 Å². The molecule has 1 aliphatic rings. The number of aromatic nitrogens is 1. The molecule has 0 bridgehead atoms. The fourth-order valence-electron chi connectivity index (χ4n) is 2.56. The number of aliphatic hydroxyl groups is 1. The molecule has 1 heterocycles. The first kappa shape index (κ1) is 13.5. The Hall–Kier alpha value is -0.940. The number of carbonyl (C=O) groups is 1. The molecule has 4 nitrogen and oxygen atoms in total. The Bertz CT molecular complexity index is 405. The third-order valence-electron chi connectivity index (χ3n) is 3.64. The Morgan fingerprint density at radius 3 is 3.06 bits per heavy atom. The van der Waals surface area contributed by atoms with E-state index in [1.54, 1.807) is 5.51 Å². The predicted octanol–water partition coefficient (Wildman–Crippen LogP) is 1.99. The van der Waals surface area contributed by atoms with Crippen LogP contribution in [-0.4, -0.2) is 28.6 Å². The quantitative estimate of drug-likeness (QED) is 0.878. The van der Waals surface area contributed by atoms with E-state index in [9.17, 15) is 9.90 Å². The van der Waals surface area contributed by atoms with Crippen molar-refractivity contribution in [3.05, 3.63) is 16.1 Å². The molecule has 2 rings (SSSR count). The van der Waals surface area contributed by atoms with E-state index in [2.05, 4.69) is 10.3 Å². The molecule has 2 unspecified atom stereocenters. The average Bonchev–Trinajstić information content (AvgIpc) is 2.87. The maximum atomic E-state index is 12.2. The number of carbonyl (C=O) groups excluding carboxylic acids is 1. The minimum Gasteiger partial charge on any atom is -0.396 e. The average molecular weight is 268 g/mol. The zero-order chi connectivity index (χ0) is 13.0. The molecule has 18 heavy (non-hydrogen) atoms. The normalized spacial score (nSPS) is 23.9. The van der Waals surface area contributed by atoms with Gasteiger partial charge < -0.3 is 10.4 Å². The Balaban J connectivity index is 2.02. The zero-order valence-corrected chi connectivity index (χ0v) is 11.5. The topological polar surface area (TPSA) is 62.2 Å². The summed E-state index contributed by atoms with van der Waals surface area (Å²) in [5.41, 5.74) is 2.59. The molecule has 1 fully saturated rings. The standard InChI is InChI=1S/C13H20N2O2S/c1-2-10-12(18-8-14-10)13(17)15-11-6-4-3-5-9(11)7-16/h8-9,11,16H,2-7H2,1H3,(H,15,17). The maximum Gasteiger partial charge on any atom is 0.263 e. The monoisotopic (exact) mass is 268 g/mol. The molecular weight excluding hydrogens is 248 g/mol. The van der Waals surface area contributed by atoms with Gasteiger partial charge in [0.25, 0.3) is 5.91 Å². The lowest BCUT2D eigenvalue weighted by Crippen LogP contribution is -2.43. The Morgan fingerprint density at radius 2 is 2.33 bits per heavy atom. The largest absolute Gasteiger partial charge is 0.396 e. The van der Waals surface area contributed by atoms with Gasteiger partial charge >= 0.3 is 0 Å². The molecule has 0 aliphatic heterocycles. The van der Waals surface area contributed by atoms with Gasteiger partial charge in [0.2, 0.25) is 0 Å². The number of hydrogen-bond acceptors (Lipinski definition) is 4. The van der Waals surface area contributed by atoms with Crippen LogP contribution in [0.3, 0.4) is 0 Å². The lowest BCUT2D eigenvalue weighted by Gasteiger charge is -2.30. The lowest BCUT2D eigenvalue weighted by atomic mass is 9.85. The van der Waals surface area contributed by atoms with E-state index >= 15 is 0 Å². The number of amides is 1. The second kappa shape index (κ2) is 6.29. The number of aryl methyl sites for hydroxylation is 1. The van der Waals surface area contributed by atoms with Crippen molar-refractivity contribution in [2.24, 2.45) is 5.92 Å². The number of thiazole rings is 1. The molecule has 0 aromatic carbocycles. The summed E-state index contributed by atoms with van der Waals surface area (Å²) in [5, 5.41) is 12.4. The number of nitrogens with one attached hydrogen (secondary N) is 1. The fourth-order valence-corrected chi connectivity index (χ4v) is 3.34. The van der Waals surface area contributed by atoms with E-state index in [-0.39, 0.29) is 24.5 Å². The minimum absolute atomic E-state index is 0.0281. The van der Waals surface area contributed by atoms with Gasteiger partial charge in [-0.3, -0.25) is 4.79 Å². The van der Waals surface area contributed by atoms with Crippen LogP contribution in [0.15, 0.2) is 5.51 Å². The predicted molar refractivity (Wildman–Crippen MR) is 71.8 cm³/mol. The van der Waals surface area contributed by atoms with E-state index in [0.717, 1.165) is 42.7 Å². The van der Waals surface area contributed by atoms with Crippen molar-refractivity contribution >= 4 is 17.2 Å². The summed E-state index contributed by atoms with van der Waals surface area (Å²) in [6.07, 6.45) is 5.03. The summed E-state index contributed by atoms with van der Waals surface area (Å²) < 4.78 is 0. The third kappa shape index (κ3) is 2.90. The second-order valence-electron chi connectivity index (χ2n) is 4.79. The molecular formula is C13H20N2O2S. The highest BCUT2D eigenvalue weighted by molar-refractivity contribution is 7.11. The van der Waals surface area contributed by atoms with E-state index in [1.807, 2.05) is 6.92 Å². The molecule has 0 saturated heterocycles. The molecule has 2 N–H and O–H groups in total. The van der Waals surface area contributed by atoms with Crippen LogP contribution < -0.4 is 5.32 Å². The summed E-state index contributed by atoms with van der Waals surface area (Å²) >= 11 is 1.39. The fraction of sp³-hybridized carbons (Fsp3) is 0.692. The van der Waals surface area contributed by atoms with Gasteiger partial charge in [-0.05, 0) is 19.3 Å². The summed E-state index contributed by atoms with van der Waals surface area (Å²) in [4.78, 5) is 17.1. The van der Waals surface area contributed by atoms with Crippen LogP contribution in [-0.2, 0) is 6.42 Å². The summed E-state index contributed by atoms with van der Waals surface area (Å²) in [5.74, 6) is 0.181. The van der Waals surface area contributed by atoms with Crippen molar-refractivity contribution in [2.75, 3.05) is 6.61 Å². The van der Waals surface area contributed by atoms with Crippen LogP contribution in [0.4, 0.5) is 0 Å². The van der Waals surface area contributed by atoms with Gasteiger partial charge in [0.1, 0.15) is 4.88 Å². The molecule has 0 spiro atoms. The number of rotatable bonds is 4. The molecule has 1 aromatic heterocycles. The number of aliphatic hydroxyl groups excluding tert-OH is 1. The molecule has 1 aliphatic carbocycles. The highest BCUT2D eigenvalue weighted by atomic mass is 32.1. The molecule has 5 heteroatoms. The third-order valence-corrected chi connectivity index (χ3v) is 4.51. The van der Waals surface area contributed by atoms with Crippen molar-refractivity contribution < 1.29 is 9.90 Å². The first-order chi connectivity index (χ1) is 8.76. The van der Waals surface area contributed by atoms with Gasteiger partial charge in [-0.25, -0.2) is 4.98 Å². The van der Waals surface area contributed by atoms with Gasteiger partial charge in [-0.15, -0.1) is 11.3 Å². The molecule has 1 saturated carbocycles. The Labute approximate surface area is 111 Å². The summed E-state index contributed by atoms with van der Waals surface area (Å²) in [6.45, 7) is 2.16. The first-order valence-corrected chi connectivity index (χ1v) is 7.48. The van der Waals surface area contributed by atoms with Crippen LogP contribution in [0.1, 0.15) is 48.0 Å². The maximum absolute atomic E-state index is 12.2.